The van der Waals surface area contributed by atoms with Gasteiger partial charge in [-0.2, -0.15) is 0 Å². The molecule has 1 aliphatic rings. The third-order valence-electron chi connectivity index (χ3n) is 5.43. The lowest BCUT2D eigenvalue weighted by Crippen LogP contribution is -2.27. The minimum absolute atomic E-state index is 0.0523. The monoisotopic (exact) mass is 582 g/mol. The summed E-state index contributed by atoms with van der Waals surface area (Å²) in [7, 11) is 0. The van der Waals surface area contributed by atoms with Gasteiger partial charge in [-0.15, -0.1) is 0 Å². The number of non-ortho nitro benzene ring substituents is 1. The van der Waals surface area contributed by atoms with Gasteiger partial charge in [-0.3, -0.25) is 24.6 Å². The van der Waals surface area contributed by atoms with Crippen LogP contribution in [0.15, 0.2) is 70.0 Å². The van der Waals surface area contributed by atoms with Crippen LogP contribution >= 0.6 is 27.7 Å². The van der Waals surface area contributed by atoms with Crippen molar-refractivity contribution in [2.45, 2.75) is 27.0 Å². The first-order valence-electron chi connectivity index (χ1n) is 11.4. The van der Waals surface area contributed by atoms with Gasteiger partial charge >= 0.3 is 0 Å². The van der Waals surface area contributed by atoms with Gasteiger partial charge in [-0.05, 0) is 76.4 Å². The van der Waals surface area contributed by atoms with Gasteiger partial charge < -0.3 is 9.47 Å². The Bertz CT molecular complexity index is 1410. The fraction of sp³-hybridized carbons (Fsp3) is 0.185. The minimum Gasteiger partial charge on any atom is -0.490 e. The Hall–Kier alpha value is -3.63. The number of amides is 2. The molecule has 4 rings (SSSR count). The molecule has 0 radical (unpaired) electrons. The topological polar surface area (TPSA) is 99.0 Å². The molecule has 1 heterocycles. The second-order valence-electron chi connectivity index (χ2n) is 8.24. The summed E-state index contributed by atoms with van der Waals surface area (Å²) in [6.45, 7) is 4.60. The molecule has 8 nitrogen and oxygen atoms in total. The zero-order chi connectivity index (χ0) is 26.5. The molecule has 0 saturated carbocycles. The summed E-state index contributed by atoms with van der Waals surface area (Å²) in [6, 6.07) is 17.5. The second-order valence-corrected chi connectivity index (χ2v) is 10.1. The maximum atomic E-state index is 13.0. The Balaban J connectivity index is 1.55. The standard InChI is InChI=1S/C27H23BrN2O6S/c1-3-35-23-13-20(12-22(28)25(23)36-16-19-8-4-6-17(2)10-19)14-24-26(31)29(27(32)37-24)15-18-7-5-9-21(11-18)30(33)34/h4-14H,3,15-16H2,1-2H3/b24-14+. The number of carbonyl (C=O) groups excluding carboxylic acids is 2. The SMILES string of the molecule is CCOc1cc(/C=C2/SC(=O)N(Cc3cccc([N+](=O)[O-])c3)C2=O)cc(Br)c1OCc1cccc(C)c1. The van der Waals surface area contributed by atoms with Crippen LogP contribution in [0.2, 0.25) is 0 Å². The number of ether oxygens (including phenoxy) is 2. The lowest BCUT2D eigenvalue weighted by atomic mass is 10.1. The van der Waals surface area contributed by atoms with E-state index in [4.69, 9.17) is 9.47 Å². The predicted molar refractivity (Wildman–Crippen MR) is 145 cm³/mol. The smallest absolute Gasteiger partial charge is 0.293 e. The molecular weight excluding hydrogens is 560 g/mol. The van der Waals surface area contributed by atoms with Crippen molar-refractivity contribution in [1.29, 1.82) is 0 Å². The maximum Gasteiger partial charge on any atom is 0.293 e. The number of hydrogen-bond donors (Lipinski definition) is 0. The molecule has 0 N–H and O–H groups in total. The molecule has 2 amide bonds. The van der Waals surface area contributed by atoms with Crippen LogP contribution in [0.3, 0.4) is 0 Å². The van der Waals surface area contributed by atoms with E-state index in [1.807, 2.05) is 38.1 Å². The van der Waals surface area contributed by atoms with E-state index in [1.165, 1.54) is 18.2 Å². The lowest BCUT2D eigenvalue weighted by Gasteiger charge is -2.15. The number of nitro benzene ring substituents is 1. The Morgan fingerprint density at radius 2 is 1.81 bits per heavy atom. The average Bonchev–Trinajstić information content (AvgIpc) is 3.11. The predicted octanol–water partition coefficient (Wildman–Crippen LogP) is 6.88. The molecule has 0 unspecified atom stereocenters. The molecule has 1 fully saturated rings. The van der Waals surface area contributed by atoms with E-state index in [-0.39, 0.29) is 17.1 Å². The fourth-order valence-corrected chi connectivity index (χ4v) is 5.18. The van der Waals surface area contributed by atoms with Crippen LogP contribution in [0.4, 0.5) is 10.5 Å². The van der Waals surface area contributed by atoms with Crippen LogP contribution in [0.25, 0.3) is 6.08 Å². The van der Waals surface area contributed by atoms with Gasteiger partial charge in [0.15, 0.2) is 11.5 Å². The van der Waals surface area contributed by atoms with Crippen LogP contribution in [0.1, 0.15) is 29.2 Å². The minimum atomic E-state index is -0.515. The Morgan fingerprint density at radius 3 is 2.54 bits per heavy atom. The van der Waals surface area contributed by atoms with Crippen LogP contribution in [0.5, 0.6) is 11.5 Å². The lowest BCUT2D eigenvalue weighted by molar-refractivity contribution is -0.384. The molecule has 1 aliphatic heterocycles. The Kier molecular flexibility index (Phi) is 8.30. The first kappa shape index (κ1) is 26.4. The summed E-state index contributed by atoms with van der Waals surface area (Å²) in [5.74, 6) is 0.584. The van der Waals surface area contributed by atoms with Crippen molar-refractivity contribution in [2.75, 3.05) is 6.61 Å². The Morgan fingerprint density at radius 1 is 1.05 bits per heavy atom. The highest BCUT2D eigenvalue weighted by atomic mass is 79.9. The summed E-state index contributed by atoms with van der Waals surface area (Å²) in [5.41, 5.74) is 3.21. The van der Waals surface area contributed by atoms with Gasteiger partial charge in [-0.25, -0.2) is 0 Å². The molecule has 3 aromatic rings. The van der Waals surface area contributed by atoms with Gasteiger partial charge in [0.1, 0.15) is 6.61 Å². The molecule has 0 aliphatic carbocycles. The number of carbonyl (C=O) groups is 2. The van der Waals surface area contributed by atoms with Crippen molar-refractivity contribution in [3.63, 3.8) is 0 Å². The maximum absolute atomic E-state index is 13.0. The molecule has 37 heavy (non-hydrogen) atoms. The van der Waals surface area contributed by atoms with E-state index in [0.29, 0.717) is 40.3 Å². The zero-order valence-corrected chi connectivity index (χ0v) is 22.5. The van der Waals surface area contributed by atoms with E-state index in [0.717, 1.165) is 27.8 Å². The van der Waals surface area contributed by atoms with Crippen LogP contribution < -0.4 is 9.47 Å². The van der Waals surface area contributed by atoms with E-state index < -0.39 is 16.1 Å². The quantitative estimate of drug-likeness (QED) is 0.154. The van der Waals surface area contributed by atoms with Crippen LogP contribution in [-0.2, 0) is 17.9 Å². The molecule has 0 spiro atoms. The van der Waals surface area contributed by atoms with E-state index in [2.05, 4.69) is 15.9 Å². The van der Waals surface area contributed by atoms with Crippen LogP contribution in [0, 0.1) is 17.0 Å². The third kappa shape index (κ3) is 6.39. The van der Waals surface area contributed by atoms with Gasteiger partial charge in [0.2, 0.25) is 0 Å². The number of rotatable bonds is 9. The van der Waals surface area contributed by atoms with E-state index in [1.54, 1.807) is 24.3 Å². The molecule has 0 atom stereocenters. The first-order valence-corrected chi connectivity index (χ1v) is 13.0. The number of aryl methyl sites for hydroxylation is 1. The highest BCUT2D eigenvalue weighted by Gasteiger charge is 2.35. The van der Waals surface area contributed by atoms with E-state index >= 15 is 0 Å². The van der Waals surface area contributed by atoms with Gasteiger partial charge in [-0.1, -0.05) is 42.0 Å². The number of hydrogen-bond acceptors (Lipinski definition) is 7. The summed E-state index contributed by atoms with van der Waals surface area (Å²) >= 11 is 4.37. The van der Waals surface area contributed by atoms with Crippen LogP contribution in [-0.4, -0.2) is 27.6 Å². The van der Waals surface area contributed by atoms with E-state index in [9.17, 15) is 19.7 Å². The van der Waals surface area contributed by atoms with Crippen molar-refractivity contribution in [3.05, 3.63) is 102 Å². The number of halogens is 1. The number of benzene rings is 3. The number of nitro groups is 1. The zero-order valence-electron chi connectivity index (χ0n) is 20.1. The summed E-state index contributed by atoms with van der Waals surface area (Å²) < 4.78 is 12.5. The molecule has 0 aromatic heterocycles. The average molecular weight is 583 g/mol. The number of imide groups is 1. The second kappa shape index (κ2) is 11.6. The van der Waals surface area contributed by atoms with Gasteiger partial charge in [0.05, 0.1) is 27.5 Å². The molecule has 0 bridgehead atoms. The number of thioether (sulfide) groups is 1. The largest absolute Gasteiger partial charge is 0.490 e. The van der Waals surface area contributed by atoms with Crippen molar-refractivity contribution in [1.82, 2.24) is 4.90 Å². The fourth-order valence-electron chi connectivity index (χ4n) is 3.77. The van der Waals surface area contributed by atoms with Crippen molar-refractivity contribution >= 4 is 50.6 Å². The first-order chi connectivity index (χ1) is 17.7. The molecule has 3 aromatic carbocycles. The van der Waals surface area contributed by atoms with Crippen molar-refractivity contribution in [2.24, 2.45) is 0 Å². The molecule has 1 saturated heterocycles. The highest BCUT2D eigenvalue weighted by molar-refractivity contribution is 9.10. The highest BCUT2D eigenvalue weighted by Crippen LogP contribution is 2.40. The summed E-state index contributed by atoms with van der Waals surface area (Å²) in [4.78, 5) is 37.4. The van der Waals surface area contributed by atoms with Gasteiger partial charge in [0.25, 0.3) is 16.8 Å². The van der Waals surface area contributed by atoms with Crippen molar-refractivity contribution < 1.29 is 24.0 Å². The normalized spacial score (nSPS) is 14.4. The summed E-state index contributed by atoms with van der Waals surface area (Å²) in [6.07, 6.45) is 1.62. The number of nitrogens with zero attached hydrogens (tertiary/aromatic N) is 2. The molecular formula is C27H23BrN2O6S. The van der Waals surface area contributed by atoms with Gasteiger partial charge in [0, 0.05) is 12.1 Å². The third-order valence-corrected chi connectivity index (χ3v) is 6.93. The molecule has 190 valence electrons. The Labute approximate surface area is 226 Å². The van der Waals surface area contributed by atoms with Crippen molar-refractivity contribution in [3.8, 4) is 11.5 Å². The molecule has 10 heteroatoms. The summed E-state index contributed by atoms with van der Waals surface area (Å²) in [5, 5.41) is 10.6.